The molecule has 0 aromatic heterocycles. The highest BCUT2D eigenvalue weighted by molar-refractivity contribution is 5.85. The molecule has 1 N–H and O–H groups in total. The molecule has 0 aliphatic heterocycles. The first kappa shape index (κ1) is 16.5. The summed E-state index contributed by atoms with van der Waals surface area (Å²) in [6, 6.07) is 4.67. The Balaban J connectivity index is 2.53. The number of amides is 2. The van der Waals surface area contributed by atoms with Crippen LogP contribution in [0.2, 0.25) is 0 Å². The Bertz CT molecular complexity index is 528. The van der Waals surface area contributed by atoms with Crippen molar-refractivity contribution in [3.05, 3.63) is 23.8 Å². The highest BCUT2D eigenvalue weighted by Gasteiger charge is 2.10. The number of carbonyl (C=O) groups is 3. The molecule has 1 aromatic rings. The summed E-state index contributed by atoms with van der Waals surface area (Å²) in [5, 5.41) is 2.43. The van der Waals surface area contributed by atoms with E-state index in [2.05, 4.69) is 5.32 Å². The molecule has 0 saturated heterocycles. The Kier molecular flexibility index (Phi) is 6.19. The fourth-order valence-electron chi connectivity index (χ4n) is 1.40. The van der Waals surface area contributed by atoms with Crippen LogP contribution in [0.15, 0.2) is 18.2 Å². The third-order valence-corrected chi connectivity index (χ3v) is 2.64. The number of nitrogens with one attached hydrogen (secondary N) is 1. The average Bonchev–Trinajstić information content (AvgIpc) is 2.49. The highest BCUT2D eigenvalue weighted by atomic mass is 16.5. The molecule has 0 unspecified atom stereocenters. The summed E-state index contributed by atoms with van der Waals surface area (Å²) < 4.78 is 10.2. The fourth-order valence-corrected chi connectivity index (χ4v) is 1.40. The predicted molar refractivity (Wildman–Crippen MR) is 75.6 cm³/mol. The zero-order chi connectivity index (χ0) is 15.8. The van der Waals surface area contributed by atoms with Crippen LogP contribution in [-0.2, 0) is 9.59 Å². The number of likely N-dealkylation sites (N-methyl/N-ethyl adjacent to an activating group) is 1. The number of benzene rings is 1. The van der Waals surface area contributed by atoms with Crippen LogP contribution in [0, 0.1) is 0 Å². The maximum absolute atomic E-state index is 11.5. The summed E-state index contributed by atoms with van der Waals surface area (Å²) in [6.45, 7) is -0.383. The maximum Gasteiger partial charge on any atom is 0.258 e. The number of aldehydes is 1. The Morgan fingerprint density at radius 1 is 1.33 bits per heavy atom. The summed E-state index contributed by atoms with van der Waals surface area (Å²) in [5.74, 6) is 0.129. The molecule has 0 bridgehead atoms. The molecule has 0 spiro atoms. The molecule has 0 heterocycles. The van der Waals surface area contributed by atoms with Crippen LogP contribution in [0.25, 0.3) is 0 Å². The monoisotopic (exact) mass is 294 g/mol. The van der Waals surface area contributed by atoms with Crippen LogP contribution < -0.4 is 14.8 Å². The van der Waals surface area contributed by atoms with E-state index in [0.29, 0.717) is 12.0 Å². The van der Waals surface area contributed by atoms with Crippen molar-refractivity contribution in [2.45, 2.75) is 0 Å². The molecular formula is C14H18N2O5. The Labute approximate surface area is 122 Å². The number of hydrogen-bond donors (Lipinski definition) is 1. The van der Waals surface area contributed by atoms with Crippen molar-refractivity contribution < 1.29 is 23.9 Å². The lowest BCUT2D eigenvalue weighted by Crippen LogP contribution is -2.38. The van der Waals surface area contributed by atoms with Crippen molar-refractivity contribution in [1.29, 1.82) is 0 Å². The second kappa shape index (κ2) is 7.88. The first-order valence-electron chi connectivity index (χ1n) is 6.20. The number of rotatable bonds is 7. The van der Waals surface area contributed by atoms with Crippen molar-refractivity contribution in [1.82, 2.24) is 10.2 Å². The second-order valence-corrected chi connectivity index (χ2v) is 4.38. The van der Waals surface area contributed by atoms with Gasteiger partial charge in [0, 0.05) is 14.1 Å². The van der Waals surface area contributed by atoms with E-state index in [9.17, 15) is 14.4 Å². The molecule has 0 fully saturated rings. The van der Waals surface area contributed by atoms with Gasteiger partial charge >= 0.3 is 0 Å². The lowest BCUT2D eigenvalue weighted by molar-refractivity contribution is -0.131. The van der Waals surface area contributed by atoms with Crippen LogP contribution in [-0.4, -0.2) is 57.4 Å². The van der Waals surface area contributed by atoms with Gasteiger partial charge in [0.25, 0.3) is 5.91 Å². The van der Waals surface area contributed by atoms with Crippen molar-refractivity contribution >= 4 is 18.1 Å². The predicted octanol–water partition coefficient (Wildman–Crippen LogP) is 0.0909. The zero-order valence-electron chi connectivity index (χ0n) is 12.2. The topological polar surface area (TPSA) is 84.9 Å². The normalized spacial score (nSPS) is 9.67. The average molecular weight is 294 g/mol. The Hall–Kier alpha value is -2.57. The second-order valence-electron chi connectivity index (χ2n) is 4.38. The molecule has 0 aliphatic carbocycles. The quantitative estimate of drug-likeness (QED) is 0.720. The summed E-state index contributed by atoms with van der Waals surface area (Å²) in [6.07, 6.45) is 0.616. The fraction of sp³-hybridized carbons (Fsp3) is 0.357. The molecule has 7 nitrogen and oxygen atoms in total. The van der Waals surface area contributed by atoms with E-state index < -0.39 is 5.91 Å². The van der Waals surface area contributed by atoms with Crippen molar-refractivity contribution in [3.63, 3.8) is 0 Å². The number of nitrogens with zero attached hydrogens (tertiary/aromatic N) is 1. The van der Waals surface area contributed by atoms with Gasteiger partial charge in [-0.05, 0) is 18.2 Å². The Morgan fingerprint density at radius 3 is 2.62 bits per heavy atom. The van der Waals surface area contributed by atoms with Gasteiger partial charge in [0.05, 0.1) is 19.2 Å². The summed E-state index contributed by atoms with van der Waals surface area (Å²) in [7, 11) is 4.68. The molecule has 1 rings (SSSR count). The standard InChI is InChI=1S/C14H18N2O5/c1-16(2)14(19)7-15-13(18)9-21-12-5-4-11(20-3)6-10(12)8-17/h4-6,8H,7,9H2,1-3H3,(H,15,18). The van der Waals surface area contributed by atoms with Crippen molar-refractivity contribution in [2.24, 2.45) is 0 Å². The third-order valence-electron chi connectivity index (χ3n) is 2.64. The van der Waals surface area contributed by atoms with E-state index in [1.807, 2.05) is 0 Å². The van der Waals surface area contributed by atoms with Gasteiger partial charge in [-0.1, -0.05) is 0 Å². The molecular weight excluding hydrogens is 276 g/mol. The van der Waals surface area contributed by atoms with Gasteiger partial charge in [-0.3, -0.25) is 14.4 Å². The first-order chi connectivity index (χ1) is 9.97. The number of carbonyl (C=O) groups excluding carboxylic acids is 3. The minimum atomic E-state index is -0.446. The number of ether oxygens (including phenoxy) is 2. The lowest BCUT2D eigenvalue weighted by atomic mass is 10.2. The van der Waals surface area contributed by atoms with Gasteiger partial charge in [0.1, 0.15) is 11.5 Å². The molecule has 7 heteroatoms. The van der Waals surface area contributed by atoms with E-state index in [0.717, 1.165) is 0 Å². The van der Waals surface area contributed by atoms with Gasteiger partial charge in [-0.2, -0.15) is 0 Å². The van der Waals surface area contributed by atoms with Crippen LogP contribution in [0.4, 0.5) is 0 Å². The van der Waals surface area contributed by atoms with E-state index in [1.165, 1.54) is 18.1 Å². The summed E-state index contributed by atoms with van der Waals surface area (Å²) >= 11 is 0. The van der Waals surface area contributed by atoms with Gasteiger partial charge in [-0.25, -0.2) is 0 Å². The van der Waals surface area contributed by atoms with Gasteiger partial charge in [0.2, 0.25) is 5.91 Å². The van der Waals surface area contributed by atoms with E-state index in [4.69, 9.17) is 9.47 Å². The van der Waals surface area contributed by atoms with Crippen LogP contribution in [0.5, 0.6) is 11.5 Å². The molecule has 0 saturated carbocycles. The Morgan fingerprint density at radius 2 is 2.05 bits per heavy atom. The first-order valence-corrected chi connectivity index (χ1v) is 6.20. The summed E-state index contributed by atoms with van der Waals surface area (Å²) in [5.41, 5.74) is 0.284. The molecule has 0 aliphatic rings. The van der Waals surface area contributed by atoms with Crippen LogP contribution >= 0.6 is 0 Å². The maximum atomic E-state index is 11.5. The summed E-state index contributed by atoms with van der Waals surface area (Å²) in [4.78, 5) is 35.2. The van der Waals surface area contributed by atoms with Crippen molar-refractivity contribution in [2.75, 3.05) is 34.4 Å². The largest absolute Gasteiger partial charge is 0.497 e. The molecule has 0 atom stereocenters. The van der Waals surface area contributed by atoms with E-state index in [1.54, 1.807) is 26.2 Å². The molecule has 1 aromatic carbocycles. The smallest absolute Gasteiger partial charge is 0.258 e. The molecule has 0 radical (unpaired) electrons. The third kappa shape index (κ3) is 5.13. The molecule has 21 heavy (non-hydrogen) atoms. The minimum Gasteiger partial charge on any atom is -0.497 e. The highest BCUT2D eigenvalue weighted by Crippen LogP contribution is 2.22. The van der Waals surface area contributed by atoms with Crippen LogP contribution in [0.1, 0.15) is 10.4 Å². The van der Waals surface area contributed by atoms with Crippen LogP contribution in [0.3, 0.4) is 0 Å². The minimum absolute atomic E-state index is 0.0989. The molecule has 2 amide bonds. The van der Waals surface area contributed by atoms with Gasteiger partial charge < -0.3 is 19.7 Å². The van der Waals surface area contributed by atoms with Gasteiger partial charge in [-0.15, -0.1) is 0 Å². The van der Waals surface area contributed by atoms with E-state index >= 15 is 0 Å². The number of hydrogen-bond acceptors (Lipinski definition) is 5. The number of methoxy groups -OCH3 is 1. The van der Waals surface area contributed by atoms with E-state index in [-0.39, 0.29) is 30.4 Å². The molecule has 114 valence electrons. The van der Waals surface area contributed by atoms with Crippen molar-refractivity contribution in [3.8, 4) is 11.5 Å². The van der Waals surface area contributed by atoms with Gasteiger partial charge in [0.15, 0.2) is 12.9 Å². The zero-order valence-corrected chi connectivity index (χ0v) is 12.2. The SMILES string of the molecule is COc1ccc(OCC(=O)NCC(=O)N(C)C)c(C=O)c1. The lowest BCUT2D eigenvalue weighted by Gasteiger charge is -2.12.